The fourth-order valence-corrected chi connectivity index (χ4v) is 1.36. The number of benzene rings is 1. The van der Waals surface area contributed by atoms with Crippen molar-refractivity contribution in [2.24, 2.45) is 0 Å². The number of nitrogens with one attached hydrogen (secondary N) is 1. The van der Waals surface area contributed by atoms with E-state index in [2.05, 4.69) is 5.32 Å². The summed E-state index contributed by atoms with van der Waals surface area (Å²) in [5, 5.41) is 2.80. The minimum atomic E-state index is -0.950. The topological polar surface area (TPSA) is 38.3 Å². The van der Waals surface area contributed by atoms with Gasteiger partial charge in [0.2, 0.25) is 0 Å². The van der Waals surface area contributed by atoms with Crippen molar-refractivity contribution in [3.05, 3.63) is 29.8 Å². The van der Waals surface area contributed by atoms with Gasteiger partial charge in [0, 0.05) is 11.8 Å². The molecule has 1 aromatic carbocycles. The largest absolute Gasteiger partial charge is 0.464 e. The Labute approximate surface area is 98.8 Å². The highest BCUT2D eigenvalue weighted by Crippen LogP contribution is 2.15. The molecule has 0 saturated heterocycles. The van der Waals surface area contributed by atoms with Crippen molar-refractivity contribution >= 4 is 11.7 Å². The SMILES string of the molecule is CCOC(=O)C(CC)Nc1ccc(F)c(F)c1. The second kappa shape index (κ2) is 6.18. The number of ether oxygens (including phenoxy) is 1. The quantitative estimate of drug-likeness (QED) is 0.808. The number of hydrogen-bond donors (Lipinski definition) is 1. The van der Waals surface area contributed by atoms with Gasteiger partial charge in [-0.1, -0.05) is 6.92 Å². The Morgan fingerprint density at radius 2 is 2.06 bits per heavy atom. The van der Waals surface area contributed by atoms with Gasteiger partial charge in [0.1, 0.15) is 6.04 Å². The number of carbonyl (C=O) groups is 1. The average Bonchev–Trinajstić information content (AvgIpc) is 2.30. The van der Waals surface area contributed by atoms with E-state index >= 15 is 0 Å². The highest BCUT2D eigenvalue weighted by Gasteiger charge is 2.17. The lowest BCUT2D eigenvalue weighted by atomic mass is 10.2. The fourth-order valence-electron chi connectivity index (χ4n) is 1.36. The second-order valence-corrected chi connectivity index (χ2v) is 3.49. The predicted octanol–water partition coefficient (Wildman–Crippen LogP) is 2.72. The highest BCUT2D eigenvalue weighted by molar-refractivity contribution is 5.79. The van der Waals surface area contributed by atoms with Gasteiger partial charge in [0.25, 0.3) is 0 Å². The summed E-state index contributed by atoms with van der Waals surface area (Å²) in [5.41, 5.74) is 0.351. The monoisotopic (exact) mass is 243 g/mol. The second-order valence-electron chi connectivity index (χ2n) is 3.49. The fraction of sp³-hybridized carbons (Fsp3) is 0.417. The summed E-state index contributed by atoms with van der Waals surface area (Å²) in [7, 11) is 0. The van der Waals surface area contributed by atoms with Crippen LogP contribution in [0.25, 0.3) is 0 Å². The number of halogens is 2. The number of esters is 1. The van der Waals surface area contributed by atoms with E-state index < -0.39 is 23.6 Å². The van der Waals surface area contributed by atoms with Gasteiger partial charge in [-0.3, -0.25) is 0 Å². The van der Waals surface area contributed by atoms with Crippen molar-refractivity contribution in [3.8, 4) is 0 Å². The third-order valence-electron chi connectivity index (χ3n) is 2.24. The number of anilines is 1. The number of rotatable bonds is 5. The van der Waals surface area contributed by atoms with Gasteiger partial charge in [0.05, 0.1) is 6.61 Å². The van der Waals surface area contributed by atoms with Crippen LogP contribution >= 0.6 is 0 Å². The first-order valence-corrected chi connectivity index (χ1v) is 5.46. The Hall–Kier alpha value is -1.65. The average molecular weight is 243 g/mol. The standard InChI is InChI=1S/C12H15F2NO2/c1-3-11(12(16)17-4-2)15-8-5-6-9(13)10(14)7-8/h5-7,11,15H,3-4H2,1-2H3. The Kier molecular flexibility index (Phi) is 4.87. The molecule has 1 N–H and O–H groups in total. The molecule has 0 aliphatic rings. The highest BCUT2D eigenvalue weighted by atomic mass is 19.2. The lowest BCUT2D eigenvalue weighted by Gasteiger charge is -2.16. The van der Waals surface area contributed by atoms with E-state index in [1.165, 1.54) is 6.07 Å². The zero-order chi connectivity index (χ0) is 12.8. The van der Waals surface area contributed by atoms with Crippen LogP contribution in [0.15, 0.2) is 18.2 Å². The first-order valence-electron chi connectivity index (χ1n) is 5.46. The molecule has 0 radical (unpaired) electrons. The zero-order valence-corrected chi connectivity index (χ0v) is 9.80. The molecule has 0 saturated carbocycles. The van der Waals surface area contributed by atoms with Crippen LogP contribution in [-0.2, 0) is 9.53 Å². The van der Waals surface area contributed by atoms with Gasteiger partial charge < -0.3 is 10.1 Å². The van der Waals surface area contributed by atoms with Crippen LogP contribution in [0.3, 0.4) is 0 Å². The molecule has 1 aromatic rings. The van der Waals surface area contributed by atoms with Crippen molar-refractivity contribution in [3.63, 3.8) is 0 Å². The molecule has 0 aliphatic carbocycles. The van der Waals surface area contributed by atoms with Crippen LogP contribution in [0.5, 0.6) is 0 Å². The maximum absolute atomic E-state index is 13.0. The summed E-state index contributed by atoms with van der Waals surface area (Å²) in [6.07, 6.45) is 0.498. The van der Waals surface area contributed by atoms with Crippen LogP contribution in [0.4, 0.5) is 14.5 Å². The smallest absolute Gasteiger partial charge is 0.328 e. The van der Waals surface area contributed by atoms with Gasteiger partial charge in [-0.05, 0) is 25.5 Å². The van der Waals surface area contributed by atoms with Gasteiger partial charge in [-0.25, -0.2) is 13.6 Å². The van der Waals surface area contributed by atoms with E-state index in [1.54, 1.807) is 13.8 Å². The van der Waals surface area contributed by atoms with Gasteiger partial charge >= 0.3 is 5.97 Å². The number of hydrogen-bond acceptors (Lipinski definition) is 3. The molecule has 5 heteroatoms. The van der Waals surface area contributed by atoms with Crippen molar-refractivity contribution in [1.29, 1.82) is 0 Å². The summed E-state index contributed by atoms with van der Waals surface area (Å²) in [6.45, 7) is 3.80. The van der Waals surface area contributed by atoms with Crippen molar-refractivity contribution in [2.75, 3.05) is 11.9 Å². The lowest BCUT2D eigenvalue weighted by Crippen LogP contribution is -2.30. The molecule has 1 rings (SSSR count). The third-order valence-corrected chi connectivity index (χ3v) is 2.24. The van der Waals surface area contributed by atoms with Crippen LogP contribution < -0.4 is 5.32 Å². The molecular weight excluding hydrogens is 228 g/mol. The summed E-state index contributed by atoms with van der Waals surface area (Å²) < 4.78 is 30.5. The molecule has 0 aliphatic heterocycles. The zero-order valence-electron chi connectivity index (χ0n) is 9.80. The predicted molar refractivity (Wildman–Crippen MR) is 60.7 cm³/mol. The van der Waals surface area contributed by atoms with E-state index in [9.17, 15) is 13.6 Å². The molecule has 0 aromatic heterocycles. The number of carbonyl (C=O) groups excluding carboxylic acids is 1. The molecule has 3 nitrogen and oxygen atoms in total. The molecule has 0 bridgehead atoms. The summed E-state index contributed by atoms with van der Waals surface area (Å²) >= 11 is 0. The van der Waals surface area contributed by atoms with Gasteiger partial charge in [-0.2, -0.15) is 0 Å². The molecule has 17 heavy (non-hydrogen) atoms. The molecule has 94 valence electrons. The maximum atomic E-state index is 13.0. The summed E-state index contributed by atoms with van der Waals surface area (Å²) in [4.78, 5) is 11.5. The van der Waals surface area contributed by atoms with Crippen molar-refractivity contribution in [2.45, 2.75) is 26.3 Å². The van der Waals surface area contributed by atoms with Crippen LogP contribution in [-0.4, -0.2) is 18.6 Å². The van der Waals surface area contributed by atoms with E-state index in [0.717, 1.165) is 12.1 Å². The molecule has 1 unspecified atom stereocenters. The first kappa shape index (κ1) is 13.4. The van der Waals surface area contributed by atoms with Crippen LogP contribution in [0, 0.1) is 11.6 Å². The Morgan fingerprint density at radius 3 is 2.59 bits per heavy atom. The molecule has 0 amide bonds. The normalized spacial score (nSPS) is 12.0. The maximum Gasteiger partial charge on any atom is 0.328 e. The summed E-state index contributed by atoms with van der Waals surface area (Å²) in [5.74, 6) is -2.27. The third kappa shape index (κ3) is 3.69. The van der Waals surface area contributed by atoms with Crippen molar-refractivity contribution in [1.82, 2.24) is 0 Å². The van der Waals surface area contributed by atoms with Crippen molar-refractivity contribution < 1.29 is 18.3 Å². The minimum Gasteiger partial charge on any atom is -0.464 e. The van der Waals surface area contributed by atoms with Gasteiger partial charge in [0.15, 0.2) is 11.6 Å². The van der Waals surface area contributed by atoms with E-state index in [0.29, 0.717) is 12.1 Å². The Morgan fingerprint density at radius 1 is 1.35 bits per heavy atom. The summed E-state index contributed by atoms with van der Waals surface area (Å²) in [6, 6.07) is 2.84. The molecule has 1 atom stereocenters. The first-order chi connectivity index (χ1) is 8.08. The van der Waals surface area contributed by atoms with E-state index in [1.807, 2.05) is 0 Å². The lowest BCUT2D eigenvalue weighted by molar-refractivity contribution is -0.144. The van der Waals surface area contributed by atoms with E-state index in [4.69, 9.17) is 4.74 Å². The Bertz CT molecular complexity index is 396. The molecular formula is C12H15F2NO2. The molecule has 0 fully saturated rings. The molecule has 0 heterocycles. The van der Waals surface area contributed by atoms with Gasteiger partial charge in [-0.15, -0.1) is 0 Å². The van der Waals surface area contributed by atoms with Crippen LogP contribution in [0.1, 0.15) is 20.3 Å². The minimum absolute atomic E-state index is 0.287. The molecule has 0 spiro atoms. The van der Waals surface area contributed by atoms with Crippen LogP contribution in [0.2, 0.25) is 0 Å². The van der Waals surface area contributed by atoms with E-state index in [-0.39, 0.29) is 6.61 Å². The Balaban J connectivity index is 2.73.